The van der Waals surface area contributed by atoms with Crippen LogP contribution in [0.1, 0.15) is 61.1 Å². The zero-order valence-corrected chi connectivity index (χ0v) is 33.3. The third-order valence-corrected chi connectivity index (χ3v) is 11.7. The summed E-state index contributed by atoms with van der Waals surface area (Å²) in [6.45, 7) is 4.62. The highest BCUT2D eigenvalue weighted by atomic mass is 32.2. The van der Waals surface area contributed by atoms with Crippen LogP contribution in [0.4, 0.5) is 22.4 Å². The molecule has 0 aromatic heterocycles. The molecule has 0 radical (unpaired) electrons. The Hall–Kier alpha value is -4.83. The quantitative estimate of drug-likeness (QED) is 0.140. The van der Waals surface area contributed by atoms with Crippen molar-refractivity contribution in [3.8, 4) is 0 Å². The summed E-state index contributed by atoms with van der Waals surface area (Å²) in [5.74, 6) is -1.09. The molecular formula is C43H46F4N2O8S. The van der Waals surface area contributed by atoms with Gasteiger partial charge in [-0.1, -0.05) is 84.4 Å². The second-order valence-electron chi connectivity index (χ2n) is 15.4. The van der Waals surface area contributed by atoms with Gasteiger partial charge in [-0.3, -0.25) is 4.79 Å². The molecule has 58 heavy (non-hydrogen) atoms. The number of rotatable bonds is 11. The lowest BCUT2D eigenvalue weighted by atomic mass is 9.87. The van der Waals surface area contributed by atoms with Crippen LogP contribution >= 0.6 is 0 Å². The van der Waals surface area contributed by atoms with Crippen LogP contribution in [0.25, 0.3) is 0 Å². The van der Waals surface area contributed by atoms with Crippen LogP contribution in [0.5, 0.6) is 0 Å². The maximum atomic E-state index is 14.7. The molecule has 4 aromatic carbocycles. The molecule has 0 saturated carbocycles. The highest BCUT2D eigenvalue weighted by molar-refractivity contribution is 7.89. The lowest BCUT2D eigenvalue weighted by Gasteiger charge is -2.44. The number of sulfonamides is 1. The number of carbonyl (C=O) groups excluding carboxylic acids is 2. The van der Waals surface area contributed by atoms with Crippen LogP contribution in [0, 0.1) is 12.7 Å². The Labute approximate surface area is 335 Å². The minimum atomic E-state index is -5.00. The van der Waals surface area contributed by atoms with E-state index in [4.69, 9.17) is 18.9 Å². The number of fused-ring (bicyclic) bond motifs is 1. The number of carbonyl (C=O) groups is 2. The molecule has 2 amide bonds. The molecule has 0 N–H and O–H groups in total. The lowest BCUT2D eigenvalue weighted by Crippen LogP contribution is -2.61. The molecule has 10 nitrogen and oxygen atoms in total. The van der Waals surface area contributed by atoms with Gasteiger partial charge in [0.1, 0.15) is 23.6 Å². The summed E-state index contributed by atoms with van der Waals surface area (Å²) in [5.41, 5.74) is 2.42. The summed E-state index contributed by atoms with van der Waals surface area (Å²) >= 11 is 0. The second kappa shape index (κ2) is 17.6. The van der Waals surface area contributed by atoms with Crippen LogP contribution in [-0.4, -0.2) is 85.5 Å². The average Bonchev–Trinajstić information content (AvgIpc) is 3.17. The molecule has 0 bridgehead atoms. The van der Waals surface area contributed by atoms with Crippen molar-refractivity contribution in [1.29, 1.82) is 0 Å². The van der Waals surface area contributed by atoms with E-state index in [9.17, 15) is 35.6 Å². The molecular weight excluding hydrogens is 781 g/mol. The van der Waals surface area contributed by atoms with Gasteiger partial charge in [0.2, 0.25) is 0 Å². The maximum Gasteiger partial charge on any atom is 0.424 e. The number of nitrogens with zero attached hydrogens (tertiary/aromatic N) is 2. The summed E-state index contributed by atoms with van der Waals surface area (Å²) in [7, 11) is -4.87. The number of alkyl halides is 3. The normalized spacial score (nSPS) is 20.5. The molecule has 0 spiro atoms. The number of ether oxygens (including phenoxy) is 4. The van der Waals surface area contributed by atoms with Crippen molar-refractivity contribution in [2.24, 2.45) is 0 Å². The molecule has 2 aliphatic heterocycles. The van der Waals surface area contributed by atoms with E-state index in [0.717, 1.165) is 11.1 Å². The molecule has 1 saturated heterocycles. The lowest BCUT2D eigenvalue weighted by molar-refractivity contribution is -0.262. The van der Waals surface area contributed by atoms with Gasteiger partial charge >= 0.3 is 12.3 Å². The molecule has 0 aliphatic carbocycles. The Balaban J connectivity index is 1.39. The van der Waals surface area contributed by atoms with Gasteiger partial charge in [-0.15, -0.1) is 0 Å². The van der Waals surface area contributed by atoms with Crippen LogP contribution in [0.15, 0.2) is 108 Å². The van der Waals surface area contributed by atoms with E-state index in [1.165, 1.54) is 62.1 Å². The number of benzene rings is 4. The standard InChI is InChI=1S/C43H46F4N2O8S/c1-28-14-20-33(21-15-28)58(52,53)49(41(51)57-42(2,3)4)35-24-36(55-26-37(35)56-38(43(45,46)47)27-54-25-29-10-6-5-7-11-29)40(50)48-23-22-30-12-8-9-13-34(30)39(48)31-16-18-32(44)19-17-31/h5-21,35-39H,22-27H2,1-4H3/t35-,36+,37-,38+,39-/m0/s1. The first-order valence-electron chi connectivity index (χ1n) is 18.9. The molecule has 310 valence electrons. The van der Waals surface area contributed by atoms with Crippen molar-refractivity contribution in [3.05, 3.63) is 137 Å². The van der Waals surface area contributed by atoms with E-state index < -0.39 is 89.6 Å². The Bertz CT molecular complexity index is 2150. The highest BCUT2D eigenvalue weighted by Gasteiger charge is 2.52. The van der Waals surface area contributed by atoms with Crippen LogP contribution in [0.2, 0.25) is 0 Å². The topological polar surface area (TPSA) is 112 Å². The van der Waals surface area contributed by atoms with Crippen molar-refractivity contribution in [3.63, 3.8) is 0 Å². The van der Waals surface area contributed by atoms with Gasteiger partial charge in [-0.25, -0.2) is 17.6 Å². The van der Waals surface area contributed by atoms with Crippen LogP contribution < -0.4 is 0 Å². The Morgan fingerprint density at radius 3 is 2.22 bits per heavy atom. The number of halogens is 4. The summed E-state index contributed by atoms with van der Waals surface area (Å²) in [6.07, 6.45) is -12.3. The number of aryl methyl sites for hydroxylation is 1. The zero-order valence-electron chi connectivity index (χ0n) is 32.5. The van der Waals surface area contributed by atoms with Gasteiger partial charge in [-0.05, 0) is 80.6 Å². The minimum absolute atomic E-state index is 0.169. The van der Waals surface area contributed by atoms with Gasteiger partial charge in [0.05, 0.1) is 36.8 Å². The van der Waals surface area contributed by atoms with E-state index >= 15 is 0 Å². The number of amides is 2. The molecule has 1 fully saturated rings. The fourth-order valence-corrected chi connectivity index (χ4v) is 8.64. The summed E-state index contributed by atoms with van der Waals surface area (Å²) in [4.78, 5) is 30.0. The van der Waals surface area contributed by atoms with Gasteiger partial charge in [-0.2, -0.15) is 17.5 Å². The molecule has 0 unspecified atom stereocenters. The maximum absolute atomic E-state index is 14.7. The predicted molar refractivity (Wildman–Crippen MR) is 205 cm³/mol. The van der Waals surface area contributed by atoms with Crippen LogP contribution in [-0.2, 0) is 46.8 Å². The Morgan fingerprint density at radius 1 is 0.914 bits per heavy atom. The fourth-order valence-electron chi connectivity index (χ4n) is 7.13. The molecule has 2 aliphatic rings. The molecule has 2 heterocycles. The van der Waals surface area contributed by atoms with E-state index in [-0.39, 0.29) is 18.0 Å². The van der Waals surface area contributed by atoms with Gasteiger partial charge < -0.3 is 23.8 Å². The van der Waals surface area contributed by atoms with Crippen molar-refractivity contribution < 1.29 is 54.5 Å². The smallest absolute Gasteiger partial charge is 0.424 e. The summed E-state index contributed by atoms with van der Waals surface area (Å²) in [5, 5.41) is 0. The van der Waals surface area contributed by atoms with Crippen molar-refractivity contribution in [2.75, 3.05) is 19.8 Å². The van der Waals surface area contributed by atoms with Crippen LogP contribution in [0.3, 0.4) is 0 Å². The molecule has 6 rings (SSSR count). The molecule has 15 heteroatoms. The Morgan fingerprint density at radius 2 is 1.57 bits per heavy atom. The summed E-state index contributed by atoms with van der Waals surface area (Å²) in [6, 6.07) is 24.8. The van der Waals surface area contributed by atoms with E-state index in [1.807, 2.05) is 24.3 Å². The zero-order chi connectivity index (χ0) is 41.8. The third kappa shape index (κ3) is 10.1. The Kier molecular flexibility index (Phi) is 13.0. The largest absolute Gasteiger partial charge is 0.443 e. The first kappa shape index (κ1) is 42.8. The first-order valence-corrected chi connectivity index (χ1v) is 20.3. The van der Waals surface area contributed by atoms with Crippen molar-refractivity contribution in [2.45, 2.75) is 94.2 Å². The van der Waals surface area contributed by atoms with Gasteiger partial charge in [0.25, 0.3) is 15.9 Å². The summed E-state index contributed by atoms with van der Waals surface area (Å²) < 4.78 is 110. The number of hydrogen-bond donors (Lipinski definition) is 0. The van der Waals surface area contributed by atoms with E-state index in [1.54, 1.807) is 49.4 Å². The van der Waals surface area contributed by atoms with Crippen molar-refractivity contribution >= 4 is 22.0 Å². The molecule has 4 aromatic rings. The SMILES string of the molecule is Cc1ccc(S(=O)(=O)N(C(=O)OC(C)(C)C)[C@H]2C[C@H](C(=O)N3CCc4ccccc4[C@@H]3c3ccc(F)cc3)OC[C@@H]2O[C@H](COCc2ccccc2)C(F)(F)F)cc1. The third-order valence-electron chi connectivity index (χ3n) is 9.91. The van der Waals surface area contributed by atoms with Crippen molar-refractivity contribution in [1.82, 2.24) is 9.21 Å². The number of hydrogen-bond acceptors (Lipinski definition) is 8. The predicted octanol–water partition coefficient (Wildman–Crippen LogP) is 7.92. The monoisotopic (exact) mass is 826 g/mol. The molecule has 5 atom stereocenters. The van der Waals surface area contributed by atoms with E-state index in [2.05, 4.69) is 0 Å². The minimum Gasteiger partial charge on any atom is -0.443 e. The first-order chi connectivity index (χ1) is 27.4. The highest BCUT2D eigenvalue weighted by Crippen LogP contribution is 2.38. The van der Waals surface area contributed by atoms with E-state index in [0.29, 0.717) is 27.4 Å². The fraction of sp³-hybridized carbons (Fsp3) is 0.395. The second-order valence-corrected chi connectivity index (χ2v) is 17.2. The van der Waals surface area contributed by atoms with Gasteiger partial charge in [0.15, 0.2) is 6.10 Å². The van der Waals surface area contributed by atoms with Gasteiger partial charge in [0, 0.05) is 13.0 Å². The average molecular weight is 827 g/mol.